The number of rotatable bonds is 6. The van der Waals surface area contributed by atoms with Gasteiger partial charge in [-0.05, 0) is 36.8 Å². The van der Waals surface area contributed by atoms with Crippen molar-refractivity contribution >= 4 is 11.7 Å². The Hall–Kier alpha value is -3.22. The average molecular weight is 340 g/mol. The zero-order valence-corrected chi connectivity index (χ0v) is 13.6. The van der Waals surface area contributed by atoms with Gasteiger partial charge in [0.2, 0.25) is 0 Å². The molecule has 0 spiro atoms. The van der Waals surface area contributed by atoms with E-state index in [1.54, 1.807) is 41.3 Å². The maximum Gasteiger partial charge on any atom is 0.263 e. The minimum atomic E-state index is -0.312. The monoisotopic (exact) mass is 340 g/mol. The first-order chi connectivity index (χ1) is 12.1. The van der Waals surface area contributed by atoms with E-state index in [9.17, 15) is 9.18 Å². The number of hydrogen-bond acceptors (Lipinski definition) is 4. The van der Waals surface area contributed by atoms with Crippen molar-refractivity contribution in [2.75, 3.05) is 11.9 Å². The second kappa shape index (κ2) is 7.57. The van der Waals surface area contributed by atoms with Gasteiger partial charge in [0.15, 0.2) is 6.61 Å². The predicted octanol–water partition coefficient (Wildman–Crippen LogP) is 2.79. The van der Waals surface area contributed by atoms with Crippen molar-refractivity contribution in [3.05, 3.63) is 71.9 Å². The van der Waals surface area contributed by atoms with Crippen LogP contribution in [0, 0.1) is 12.7 Å². The molecule has 7 heteroatoms. The van der Waals surface area contributed by atoms with Crippen LogP contribution in [0.15, 0.2) is 55.0 Å². The Kier molecular flexibility index (Phi) is 5.03. The van der Waals surface area contributed by atoms with E-state index in [0.717, 1.165) is 11.1 Å². The topological polar surface area (TPSA) is 69.0 Å². The number of amides is 1. The molecule has 2 aromatic heterocycles. The zero-order valence-electron chi connectivity index (χ0n) is 13.6. The largest absolute Gasteiger partial charge is 0.482 e. The lowest BCUT2D eigenvalue weighted by atomic mass is 10.2. The van der Waals surface area contributed by atoms with E-state index in [4.69, 9.17) is 4.74 Å². The number of benzene rings is 1. The van der Waals surface area contributed by atoms with E-state index in [1.165, 1.54) is 18.3 Å². The molecule has 1 amide bonds. The molecule has 3 aromatic rings. The van der Waals surface area contributed by atoms with Crippen LogP contribution in [-0.4, -0.2) is 27.3 Å². The molecular weight excluding hydrogens is 323 g/mol. The average Bonchev–Trinajstić information content (AvgIpc) is 2.94. The zero-order chi connectivity index (χ0) is 17.6. The number of anilines is 1. The van der Waals surface area contributed by atoms with Gasteiger partial charge in [-0.1, -0.05) is 12.1 Å². The number of halogens is 1. The van der Waals surface area contributed by atoms with Crippen LogP contribution in [0.4, 0.5) is 10.2 Å². The van der Waals surface area contributed by atoms with Crippen molar-refractivity contribution < 1.29 is 13.9 Å². The van der Waals surface area contributed by atoms with Gasteiger partial charge >= 0.3 is 0 Å². The van der Waals surface area contributed by atoms with Crippen molar-refractivity contribution in [1.29, 1.82) is 0 Å². The molecule has 0 bridgehead atoms. The fraction of sp³-hybridized carbons (Fsp3) is 0.167. The Morgan fingerprint density at radius 2 is 2.16 bits per heavy atom. The molecule has 0 saturated heterocycles. The lowest BCUT2D eigenvalue weighted by molar-refractivity contribution is -0.118. The Morgan fingerprint density at radius 1 is 1.28 bits per heavy atom. The van der Waals surface area contributed by atoms with E-state index >= 15 is 0 Å². The number of carbonyl (C=O) groups is 1. The minimum absolute atomic E-state index is 0.143. The Bertz CT molecular complexity index is 865. The van der Waals surface area contributed by atoms with Crippen molar-refractivity contribution in [3.8, 4) is 5.75 Å². The summed E-state index contributed by atoms with van der Waals surface area (Å²) in [7, 11) is 0. The smallest absolute Gasteiger partial charge is 0.263 e. The van der Waals surface area contributed by atoms with Crippen LogP contribution >= 0.6 is 0 Å². The number of aromatic nitrogens is 3. The summed E-state index contributed by atoms with van der Waals surface area (Å²) >= 11 is 0. The third kappa shape index (κ3) is 4.41. The molecule has 0 radical (unpaired) electrons. The standard InChI is InChI=1S/C18H17FN4O2/c1-13-9-21-23(11-14-4-2-5-15(19)8-14)18(13)22-17(24)12-25-16-6-3-7-20-10-16/h2-10H,11-12H2,1H3,(H,22,24). The molecule has 3 rings (SSSR count). The summed E-state index contributed by atoms with van der Waals surface area (Å²) in [5.74, 6) is 0.455. The van der Waals surface area contributed by atoms with Crippen molar-refractivity contribution in [1.82, 2.24) is 14.8 Å². The molecule has 0 aliphatic carbocycles. The van der Waals surface area contributed by atoms with Gasteiger partial charge in [-0.25, -0.2) is 9.07 Å². The highest BCUT2D eigenvalue weighted by molar-refractivity contribution is 5.91. The fourth-order valence-electron chi connectivity index (χ4n) is 2.32. The summed E-state index contributed by atoms with van der Waals surface area (Å²) < 4.78 is 20.3. The van der Waals surface area contributed by atoms with Crippen molar-refractivity contribution in [2.45, 2.75) is 13.5 Å². The van der Waals surface area contributed by atoms with Gasteiger partial charge < -0.3 is 10.1 Å². The summed E-state index contributed by atoms with van der Waals surface area (Å²) in [6.45, 7) is 2.05. The molecule has 0 fully saturated rings. The quantitative estimate of drug-likeness (QED) is 0.749. The number of ether oxygens (including phenoxy) is 1. The molecule has 0 unspecified atom stereocenters. The third-order valence-electron chi connectivity index (χ3n) is 3.51. The summed E-state index contributed by atoms with van der Waals surface area (Å²) in [5.41, 5.74) is 1.57. The van der Waals surface area contributed by atoms with Crippen LogP contribution in [0.25, 0.3) is 0 Å². The van der Waals surface area contributed by atoms with Crippen molar-refractivity contribution in [2.24, 2.45) is 0 Å². The van der Waals surface area contributed by atoms with Crippen LogP contribution in [0.2, 0.25) is 0 Å². The van der Waals surface area contributed by atoms with Gasteiger partial charge in [-0.2, -0.15) is 5.10 Å². The van der Waals surface area contributed by atoms with Gasteiger partial charge in [0, 0.05) is 11.8 Å². The predicted molar refractivity (Wildman–Crippen MR) is 90.8 cm³/mol. The molecule has 2 heterocycles. The van der Waals surface area contributed by atoms with E-state index in [1.807, 2.05) is 6.92 Å². The highest BCUT2D eigenvalue weighted by atomic mass is 19.1. The van der Waals surface area contributed by atoms with E-state index in [0.29, 0.717) is 18.1 Å². The van der Waals surface area contributed by atoms with Gasteiger partial charge in [0.25, 0.3) is 5.91 Å². The number of hydrogen-bond donors (Lipinski definition) is 1. The Labute approximate surface area is 144 Å². The van der Waals surface area contributed by atoms with Crippen LogP contribution < -0.4 is 10.1 Å². The maximum atomic E-state index is 13.3. The first-order valence-electron chi connectivity index (χ1n) is 7.71. The van der Waals surface area contributed by atoms with Crippen LogP contribution in [0.1, 0.15) is 11.1 Å². The molecule has 1 N–H and O–H groups in total. The minimum Gasteiger partial charge on any atom is -0.482 e. The van der Waals surface area contributed by atoms with Gasteiger partial charge in [0.05, 0.1) is 18.9 Å². The number of carbonyl (C=O) groups excluding carboxylic acids is 1. The van der Waals surface area contributed by atoms with E-state index in [-0.39, 0.29) is 18.3 Å². The molecule has 6 nitrogen and oxygen atoms in total. The third-order valence-corrected chi connectivity index (χ3v) is 3.51. The van der Waals surface area contributed by atoms with Gasteiger partial charge in [0.1, 0.15) is 17.4 Å². The Balaban J connectivity index is 1.66. The summed E-state index contributed by atoms with van der Waals surface area (Å²) in [6.07, 6.45) is 4.81. The summed E-state index contributed by atoms with van der Waals surface area (Å²) in [5, 5.41) is 7.03. The molecule has 128 valence electrons. The molecule has 0 atom stereocenters. The second-order valence-corrected chi connectivity index (χ2v) is 5.49. The number of aryl methyl sites for hydroxylation is 1. The van der Waals surface area contributed by atoms with Crippen LogP contribution in [0.5, 0.6) is 5.75 Å². The van der Waals surface area contributed by atoms with E-state index in [2.05, 4.69) is 15.4 Å². The Morgan fingerprint density at radius 3 is 2.92 bits per heavy atom. The number of pyridine rings is 1. The lowest BCUT2D eigenvalue weighted by Gasteiger charge is -2.11. The SMILES string of the molecule is Cc1cnn(Cc2cccc(F)c2)c1NC(=O)COc1cccnc1. The van der Waals surface area contributed by atoms with Gasteiger partial charge in [-0.15, -0.1) is 0 Å². The summed E-state index contributed by atoms with van der Waals surface area (Å²) in [6, 6.07) is 9.72. The van der Waals surface area contributed by atoms with Crippen LogP contribution in [-0.2, 0) is 11.3 Å². The molecule has 25 heavy (non-hydrogen) atoms. The first-order valence-corrected chi connectivity index (χ1v) is 7.71. The molecular formula is C18H17FN4O2. The molecule has 1 aromatic carbocycles. The fourth-order valence-corrected chi connectivity index (χ4v) is 2.32. The van der Waals surface area contributed by atoms with Gasteiger partial charge in [-0.3, -0.25) is 9.78 Å². The first kappa shape index (κ1) is 16.6. The number of nitrogens with one attached hydrogen (secondary N) is 1. The van der Waals surface area contributed by atoms with E-state index < -0.39 is 0 Å². The highest BCUT2D eigenvalue weighted by Gasteiger charge is 2.12. The number of nitrogens with zero attached hydrogens (tertiary/aromatic N) is 3. The van der Waals surface area contributed by atoms with Crippen LogP contribution in [0.3, 0.4) is 0 Å². The molecule has 0 saturated carbocycles. The lowest BCUT2D eigenvalue weighted by Crippen LogP contribution is -2.22. The molecule has 0 aliphatic rings. The molecule has 0 aliphatic heterocycles. The van der Waals surface area contributed by atoms with Crippen molar-refractivity contribution in [3.63, 3.8) is 0 Å². The highest BCUT2D eigenvalue weighted by Crippen LogP contribution is 2.16. The second-order valence-electron chi connectivity index (χ2n) is 5.49. The normalized spacial score (nSPS) is 10.5. The maximum absolute atomic E-state index is 13.3. The summed E-state index contributed by atoms with van der Waals surface area (Å²) in [4.78, 5) is 16.1.